The second-order valence-corrected chi connectivity index (χ2v) is 7.06. The maximum absolute atomic E-state index is 12.5. The maximum atomic E-state index is 12.5. The molecule has 0 bridgehead atoms. The fourth-order valence-corrected chi connectivity index (χ4v) is 3.51. The predicted molar refractivity (Wildman–Crippen MR) is 104 cm³/mol. The van der Waals surface area contributed by atoms with Gasteiger partial charge in [-0.1, -0.05) is 53.5 Å². The Hall–Kier alpha value is -1.91. The number of halogens is 2. The minimum absolute atomic E-state index is 0.0153. The molecule has 25 heavy (non-hydrogen) atoms. The molecule has 1 saturated heterocycles. The highest BCUT2D eigenvalue weighted by Crippen LogP contribution is 2.26. The lowest BCUT2D eigenvalue weighted by molar-refractivity contribution is 0.191. The zero-order valence-corrected chi connectivity index (χ0v) is 15.6. The summed E-state index contributed by atoms with van der Waals surface area (Å²) >= 11 is 12.2. The molecule has 2 aromatic rings. The molecular formula is C19H21Cl2N3O. The standard InChI is InChI=1S/C19H21Cl2N3O/c1-14(15-5-3-2-4-6-15)22-19(25)24-9-7-23(8-10-24)18-12-16(20)11-17(21)13-18/h2-6,11-14H,7-10H2,1H3,(H,22,25). The molecular weight excluding hydrogens is 357 g/mol. The van der Waals surface area contributed by atoms with Crippen molar-refractivity contribution in [2.75, 3.05) is 31.1 Å². The summed E-state index contributed by atoms with van der Waals surface area (Å²) in [5, 5.41) is 4.31. The van der Waals surface area contributed by atoms with Gasteiger partial charge >= 0.3 is 6.03 Å². The fraction of sp³-hybridized carbons (Fsp3) is 0.316. The molecule has 0 spiro atoms. The number of anilines is 1. The van der Waals surface area contributed by atoms with Crippen LogP contribution in [0.5, 0.6) is 0 Å². The number of amides is 2. The van der Waals surface area contributed by atoms with E-state index in [0.29, 0.717) is 23.1 Å². The highest BCUT2D eigenvalue weighted by molar-refractivity contribution is 6.35. The van der Waals surface area contributed by atoms with Crippen LogP contribution in [0.3, 0.4) is 0 Å². The third-order valence-electron chi connectivity index (χ3n) is 4.42. The predicted octanol–water partition coefficient (Wildman–Crippen LogP) is 4.59. The van der Waals surface area contributed by atoms with Gasteiger partial charge in [0.1, 0.15) is 0 Å². The number of rotatable bonds is 3. The first-order chi connectivity index (χ1) is 12.0. The van der Waals surface area contributed by atoms with E-state index in [1.807, 2.05) is 54.3 Å². The van der Waals surface area contributed by atoms with Gasteiger partial charge in [0, 0.05) is 41.9 Å². The molecule has 3 rings (SSSR count). The van der Waals surface area contributed by atoms with E-state index in [9.17, 15) is 4.79 Å². The number of urea groups is 1. The zero-order valence-electron chi connectivity index (χ0n) is 14.1. The number of carbonyl (C=O) groups is 1. The molecule has 1 unspecified atom stereocenters. The molecule has 132 valence electrons. The van der Waals surface area contributed by atoms with Gasteiger partial charge in [-0.2, -0.15) is 0 Å². The number of carbonyl (C=O) groups excluding carboxylic acids is 1. The number of hydrogen-bond acceptors (Lipinski definition) is 2. The number of benzene rings is 2. The second kappa shape index (κ2) is 7.98. The molecule has 1 fully saturated rings. The SMILES string of the molecule is CC(NC(=O)N1CCN(c2cc(Cl)cc(Cl)c2)CC1)c1ccccc1. The van der Waals surface area contributed by atoms with Crippen LogP contribution in [-0.2, 0) is 0 Å². The monoisotopic (exact) mass is 377 g/mol. The number of piperazine rings is 1. The van der Waals surface area contributed by atoms with Gasteiger partial charge in [-0.3, -0.25) is 0 Å². The van der Waals surface area contributed by atoms with Crippen molar-refractivity contribution >= 4 is 34.9 Å². The van der Waals surface area contributed by atoms with Crippen molar-refractivity contribution in [3.8, 4) is 0 Å². The molecule has 1 N–H and O–H groups in total. The van der Waals surface area contributed by atoms with Crippen molar-refractivity contribution in [3.05, 3.63) is 64.1 Å². The topological polar surface area (TPSA) is 35.6 Å². The van der Waals surface area contributed by atoms with Crippen molar-refractivity contribution in [2.24, 2.45) is 0 Å². The molecule has 2 amide bonds. The Morgan fingerprint density at radius 1 is 1.00 bits per heavy atom. The zero-order chi connectivity index (χ0) is 17.8. The van der Waals surface area contributed by atoms with Crippen LogP contribution in [0.1, 0.15) is 18.5 Å². The van der Waals surface area contributed by atoms with E-state index in [4.69, 9.17) is 23.2 Å². The molecule has 4 nitrogen and oxygen atoms in total. The third-order valence-corrected chi connectivity index (χ3v) is 4.86. The molecule has 0 aromatic heterocycles. The van der Waals surface area contributed by atoms with Crippen LogP contribution in [0, 0.1) is 0 Å². The van der Waals surface area contributed by atoms with Crippen molar-refractivity contribution in [1.29, 1.82) is 0 Å². The Bertz CT molecular complexity index is 710. The number of nitrogens with one attached hydrogen (secondary N) is 1. The van der Waals surface area contributed by atoms with Gasteiger partial charge in [-0.15, -0.1) is 0 Å². The van der Waals surface area contributed by atoms with Crippen molar-refractivity contribution in [1.82, 2.24) is 10.2 Å². The summed E-state index contributed by atoms with van der Waals surface area (Å²) in [6.45, 7) is 4.83. The minimum atomic E-state index is -0.0277. The van der Waals surface area contributed by atoms with Crippen LogP contribution < -0.4 is 10.2 Å². The first-order valence-electron chi connectivity index (χ1n) is 8.34. The van der Waals surface area contributed by atoms with Gasteiger partial charge in [0.05, 0.1) is 6.04 Å². The van der Waals surface area contributed by atoms with Crippen LogP contribution >= 0.6 is 23.2 Å². The molecule has 1 heterocycles. The summed E-state index contributed by atoms with van der Waals surface area (Å²) < 4.78 is 0. The van der Waals surface area contributed by atoms with Crippen molar-refractivity contribution < 1.29 is 4.79 Å². The summed E-state index contributed by atoms with van der Waals surface area (Å²) in [4.78, 5) is 16.5. The van der Waals surface area contributed by atoms with E-state index in [1.54, 1.807) is 6.07 Å². The number of nitrogens with zero attached hydrogens (tertiary/aromatic N) is 2. The van der Waals surface area contributed by atoms with Crippen molar-refractivity contribution in [3.63, 3.8) is 0 Å². The molecule has 1 aliphatic rings. The Kier molecular flexibility index (Phi) is 5.71. The minimum Gasteiger partial charge on any atom is -0.368 e. The molecule has 1 atom stereocenters. The molecule has 6 heteroatoms. The largest absolute Gasteiger partial charge is 0.368 e. The highest BCUT2D eigenvalue weighted by Gasteiger charge is 2.22. The van der Waals surface area contributed by atoms with Crippen LogP contribution in [-0.4, -0.2) is 37.1 Å². The lowest BCUT2D eigenvalue weighted by Crippen LogP contribution is -2.52. The Labute approximate surface area is 158 Å². The number of hydrogen-bond donors (Lipinski definition) is 1. The normalized spacial score (nSPS) is 15.8. The molecule has 0 radical (unpaired) electrons. The lowest BCUT2D eigenvalue weighted by Gasteiger charge is -2.36. The van der Waals surface area contributed by atoms with Gasteiger partial charge in [0.15, 0.2) is 0 Å². The first-order valence-corrected chi connectivity index (χ1v) is 9.10. The summed E-state index contributed by atoms with van der Waals surface area (Å²) in [5.41, 5.74) is 2.10. The summed E-state index contributed by atoms with van der Waals surface area (Å²) in [6, 6.07) is 15.5. The Morgan fingerprint density at radius 3 is 2.20 bits per heavy atom. The van der Waals surface area contributed by atoms with E-state index in [1.165, 1.54) is 0 Å². The van der Waals surface area contributed by atoms with E-state index in [0.717, 1.165) is 24.3 Å². The smallest absolute Gasteiger partial charge is 0.317 e. The molecule has 0 aliphatic carbocycles. The molecule has 0 saturated carbocycles. The van der Waals surface area contributed by atoms with E-state index < -0.39 is 0 Å². The van der Waals surface area contributed by atoms with Gasteiger partial charge in [0.2, 0.25) is 0 Å². The summed E-state index contributed by atoms with van der Waals surface area (Å²) in [6.07, 6.45) is 0. The molecule has 1 aliphatic heterocycles. The third kappa shape index (κ3) is 4.59. The van der Waals surface area contributed by atoms with Gasteiger partial charge in [0.25, 0.3) is 0 Å². The van der Waals surface area contributed by atoms with E-state index in [-0.39, 0.29) is 12.1 Å². The average molecular weight is 378 g/mol. The summed E-state index contributed by atoms with van der Waals surface area (Å²) in [7, 11) is 0. The van der Waals surface area contributed by atoms with Crippen molar-refractivity contribution in [2.45, 2.75) is 13.0 Å². The second-order valence-electron chi connectivity index (χ2n) is 6.18. The average Bonchev–Trinajstić information content (AvgIpc) is 2.61. The lowest BCUT2D eigenvalue weighted by atomic mass is 10.1. The molecule has 2 aromatic carbocycles. The first kappa shape index (κ1) is 17.9. The highest BCUT2D eigenvalue weighted by atomic mass is 35.5. The van der Waals surface area contributed by atoms with Gasteiger partial charge < -0.3 is 15.1 Å². The van der Waals surface area contributed by atoms with Crippen LogP contribution in [0.4, 0.5) is 10.5 Å². The van der Waals surface area contributed by atoms with E-state index in [2.05, 4.69) is 10.2 Å². The van der Waals surface area contributed by atoms with Crippen LogP contribution in [0.25, 0.3) is 0 Å². The fourth-order valence-electron chi connectivity index (χ4n) is 2.99. The van der Waals surface area contributed by atoms with Gasteiger partial charge in [-0.25, -0.2) is 4.79 Å². The Balaban J connectivity index is 1.55. The Morgan fingerprint density at radius 2 is 1.60 bits per heavy atom. The van der Waals surface area contributed by atoms with Crippen LogP contribution in [0.15, 0.2) is 48.5 Å². The summed E-state index contributed by atoms with van der Waals surface area (Å²) in [5.74, 6) is 0. The van der Waals surface area contributed by atoms with Crippen LogP contribution in [0.2, 0.25) is 10.0 Å². The van der Waals surface area contributed by atoms with E-state index >= 15 is 0 Å². The maximum Gasteiger partial charge on any atom is 0.317 e. The van der Waals surface area contributed by atoms with Gasteiger partial charge in [-0.05, 0) is 30.7 Å². The quantitative estimate of drug-likeness (QED) is 0.848.